The van der Waals surface area contributed by atoms with Crippen molar-refractivity contribution < 1.29 is 9.59 Å². The Kier molecular flexibility index (Phi) is 8.00. The van der Waals surface area contributed by atoms with E-state index in [1.807, 2.05) is 41.3 Å². The molecule has 3 aliphatic rings. The number of fused-ring (bicyclic) bond motifs is 1. The summed E-state index contributed by atoms with van der Waals surface area (Å²) in [5.41, 5.74) is 4.17. The van der Waals surface area contributed by atoms with Crippen LogP contribution in [0.5, 0.6) is 0 Å². The largest absolute Gasteiger partial charge is 0.368 e. The van der Waals surface area contributed by atoms with E-state index in [-0.39, 0.29) is 30.3 Å². The molecule has 0 unspecified atom stereocenters. The average molecular weight is 535 g/mol. The zero-order valence-corrected chi connectivity index (χ0v) is 22.3. The van der Waals surface area contributed by atoms with Gasteiger partial charge in [0.25, 0.3) is 5.91 Å². The first-order valence-corrected chi connectivity index (χ1v) is 13.5. The Hall–Kier alpha value is -3.36. The Balaban J connectivity index is 0.00000294. The molecule has 2 amide bonds. The maximum Gasteiger partial charge on any atom is 0.255 e. The van der Waals surface area contributed by atoms with Crippen molar-refractivity contribution in [2.24, 2.45) is 5.92 Å². The number of aromatic nitrogens is 1. The monoisotopic (exact) mass is 534 g/mol. The lowest BCUT2D eigenvalue weighted by Crippen LogP contribution is -2.51. The number of nitrogens with one attached hydrogen (secondary N) is 3. The van der Waals surface area contributed by atoms with E-state index in [4.69, 9.17) is 0 Å². The number of hydrogen-bond acceptors (Lipinski definition) is 6. The summed E-state index contributed by atoms with van der Waals surface area (Å²) >= 11 is 0. The van der Waals surface area contributed by atoms with Gasteiger partial charge in [0.2, 0.25) is 5.91 Å². The van der Waals surface area contributed by atoms with Gasteiger partial charge in [-0.15, -0.1) is 12.4 Å². The number of pyridine rings is 1. The van der Waals surface area contributed by atoms with Gasteiger partial charge in [-0.3, -0.25) is 14.6 Å². The van der Waals surface area contributed by atoms with E-state index < -0.39 is 0 Å². The third-order valence-electron chi connectivity index (χ3n) is 7.70. The lowest BCUT2D eigenvalue weighted by atomic mass is 9.96. The molecule has 6 rings (SSSR count). The first-order chi connectivity index (χ1) is 18.2. The highest BCUT2D eigenvalue weighted by Crippen LogP contribution is 2.33. The van der Waals surface area contributed by atoms with Crippen molar-refractivity contribution in [3.63, 3.8) is 0 Å². The van der Waals surface area contributed by atoms with Crippen LogP contribution in [-0.4, -0.2) is 67.0 Å². The first-order valence-electron chi connectivity index (χ1n) is 13.5. The summed E-state index contributed by atoms with van der Waals surface area (Å²) in [6.45, 7) is 4.91. The molecular formula is C29H35ClN6O2. The standard InChI is InChI=1S/C29H34N6O2.ClH/c36-28(33-22-6-7-22)25-19-31-26-9-8-23(18-24(26)27(25)32-21-4-2-1-3-5-21)34-14-16-35(17-15-34)29(37)20-10-12-30-13-11-20;/h1-5,8-9,18-20,22,30H,6-7,10-17H2,(H,31,32)(H,33,36);1H. The zero-order chi connectivity index (χ0) is 25.2. The topological polar surface area (TPSA) is 89.6 Å². The molecule has 3 N–H and O–H groups in total. The summed E-state index contributed by atoms with van der Waals surface area (Å²) < 4.78 is 0. The molecule has 1 aliphatic carbocycles. The molecule has 0 atom stereocenters. The predicted octanol–water partition coefficient (Wildman–Crippen LogP) is 3.94. The molecule has 38 heavy (non-hydrogen) atoms. The molecule has 200 valence electrons. The lowest BCUT2D eigenvalue weighted by Gasteiger charge is -2.38. The zero-order valence-electron chi connectivity index (χ0n) is 21.5. The van der Waals surface area contributed by atoms with Gasteiger partial charge in [-0.25, -0.2) is 0 Å². The van der Waals surface area contributed by atoms with E-state index in [0.29, 0.717) is 11.5 Å². The molecule has 2 saturated heterocycles. The highest BCUT2D eigenvalue weighted by Gasteiger charge is 2.29. The molecule has 9 heteroatoms. The second kappa shape index (κ2) is 11.6. The Morgan fingerprint density at radius 2 is 1.66 bits per heavy atom. The summed E-state index contributed by atoms with van der Waals surface area (Å²) in [5, 5.41) is 10.9. The minimum Gasteiger partial charge on any atom is -0.368 e. The van der Waals surface area contributed by atoms with Crippen molar-refractivity contribution in [3.05, 3.63) is 60.3 Å². The third kappa shape index (κ3) is 5.71. The molecular weight excluding hydrogens is 500 g/mol. The number of benzene rings is 2. The predicted molar refractivity (Wildman–Crippen MR) is 154 cm³/mol. The maximum atomic E-state index is 13.1. The molecule has 2 aliphatic heterocycles. The smallest absolute Gasteiger partial charge is 0.255 e. The van der Waals surface area contributed by atoms with Crippen LogP contribution in [0.4, 0.5) is 17.1 Å². The van der Waals surface area contributed by atoms with Crippen LogP contribution in [0.2, 0.25) is 0 Å². The van der Waals surface area contributed by atoms with Crippen LogP contribution >= 0.6 is 12.4 Å². The molecule has 1 saturated carbocycles. The van der Waals surface area contributed by atoms with E-state index in [1.54, 1.807) is 6.20 Å². The number of nitrogens with zero attached hydrogens (tertiary/aromatic N) is 3. The van der Waals surface area contributed by atoms with Crippen molar-refractivity contribution in [1.82, 2.24) is 20.5 Å². The third-order valence-corrected chi connectivity index (χ3v) is 7.70. The van der Waals surface area contributed by atoms with Crippen molar-refractivity contribution in [3.8, 4) is 0 Å². The minimum atomic E-state index is -0.0919. The number of anilines is 3. The molecule has 8 nitrogen and oxygen atoms in total. The normalized spacial score (nSPS) is 18.1. The summed E-state index contributed by atoms with van der Waals surface area (Å²) in [6.07, 6.45) is 5.61. The first kappa shape index (κ1) is 26.3. The van der Waals surface area contributed by atoms with Gasteiger partial charge in [0.15, 0.2) is 0 Å². The van der Waals surface area contributed by atoms with E-state index in [2.05, 4.69) is 38.0 Å². The van der Waals surface area contributed by atoms with Gasteiger partial charge in [0.1, 0.15) is 0 Å². The molecule has 2 aromatic carbocycles. The Bertz CT molecular complexity index is 1280. The van der Waals surface area contributed by atoms with E-state index >= 15 is 0 Å². The van der Waals surface area contributed by atoms with Crippen LogP contribution in [0.15, 0.2) is 54.7 Å². The molecule has 3 fully saturated rings. The highest BCUT2D eigenvalue weighted by atomic mass is 35.5. The van der Waals surface area contributed by atoms with Gasteiger partial charge in [0.05, 0.1) is 16.8 Å². The van der Waals surface area contributed by atoms with E-state index in [1.165, 1.54) is 0 Å². The fourth-order valence-electron chi connectivity index (χ4n) is 5.35. The molecule has 0 spiro atoms. The number of amides is 2. The van der Waals surface area contributed by atoms with Crippen LogP contribution in [0.3, 0.4) is 0 Å². The number of carbonyl (C=O) groups is 2. The maximum absolute atomic E-state index is 13.1. The van der Waals surface area contributed by atoms with Gasteiger partial charge in [-0.2, -0.15) is 0 Å². The van der Waals surface area contributed by atoms with Gasteiger partial charge in [0, 0.05) is 61.1 Å². The van der Waals surface area contributed by atoms with Gasteiger partial charge in [-0.05, 0) is 69.1 Å². The average Bonchev–Trinajstić information content (AvgIpc) is 3.77. The van der Waals surface area contributed by atoms with Gasteiger partial charge >= 0.3 is 0 Å². The SMILES string of the molecule is Cl.O=C(NC1CC1)c1cnc2ccc(N3CCN(C(=O)C4CCNCC4)CC3)cc2c1Nc1ccccc1. The Morgan fingerprint density at radius 3 is 2.37 bits per heavy atom. The molecule has 0 radical (unpaired) electrons. The number of piperidine rings is 1. The van der Waals surface area contributed by atoms with Crippen molar-refractivity contribution in [1.29, 1.82) is 0 Å². The molecule has 3 heterocycles. The second-order valence-electron chi connectivity index (χ2n) is 10.3. The Morgan fingerprint density at radius 1 is 0.921 bits per heavy atom. The van der Waals surface area contributed by atoms with Crippen molar-refractivity contribution >= 4 is 52.2 Å². The van der Waals surface area contributed by atoms with E-state index in [0.717, 1.165) is 92.9 Å². The number of rotatable bonds is 6. The summed E-state index contributed by atoms with van der Waals surface area (Å²) in [4.78, 5) is 35.1. The van der Waals surface area contributed by atoms with Crippen LogP contribution in [0.1, 0.15) is 36.0 Å². The van der Waals surface area contributed by atoms with E-state index in [9.17, 15) is 9.59 Å². The summed E-state index contributed by atoms with van der Waals surface area (Å²) in [5.74, 6) is 0.377. The second-order valence-corrected chi connectivity index (χ2v) is 10.3. The molecule has 3 aromatic rings. The minimum absolute atomic E-state index is 0. The summed E-state index contributed by atoms with van der Waals surface area (Å²) in [6, 6.07) is 16.4. The number of carbonyl (C=O) groups excluding carboxylic acids is 2. The molecule has 1 aromatic heterocycles. The van der Waals surface area contributed by atoms with Crippen LogP contribution in [-0.2, 0) is 4.79 Å². The summed E-state index contributed by atoms with van der Waals surface area (Å²) in [7, 11) is 0. The number of para-hydroxylation sites is 1. The molecule has 0 bridgehead atoms. The fourth-order valence-corrected chi connectivity index (χ4v) is 5.35. The number of hydrogen-bond donors (Lipinski definition) is 3. The van der Waals surface area contributed by atoms with Crippen LogP contribution in [0, 0.1) is 5.92 Å². The van der Waals surface area contributed by atoms with Gasteiger partial charge in [-0.1, -0.05) is 18.2 Å². The van der Waals surface area contributed by atoms with Crippen LogP contribution in [0.25, 0.3) is 10.9 Å². The van der Waals surface area contributed by atoms with Crippen molar-refractivity contribution in [2.45, 2.75) is 31.7 Å². The number of halogens is 1. The number of piperazine rings is 1. The van der Waals surface area contributed by atoms with Crippen molar-refractivity contribution in [2.75, 3.05) is 49.5 Å². The fraction of sp³-hybridized carbons (Fsp3) is 0.414. The van der Waals surface area contributed by atoms with Crippen LogP contribution < -0.4 is 20.9 Å². The highest BCUT2D eigenvalue weighted by molar-refractivity contribution is 6.08. The Labute approximate surface area is 229 Å². The lowest BCUT2D eigenvalue weighted by molar-refractivity contribution is -0.136. The van der Waals surface area contributed by atoms with Gasteiger partial charge < -0.3 is 25.8 Å². The quantitative estimate of drug-likeness (QED) is 0.444.